The summed E-state index contributed by atoms with van der Waals surface area (Å²) >= 11 is 19.4. The number of halogens is 4. The Balaban J connectivity index is 0.00000484. The van der Waals surface area contributed by atoms with Crippen LogP contribution in [0.5, 0.6) is 5.75 Å². The minimum atomic E-state index is -0.457. The van der Waals surface area contributed by atoms with Crippen molar-refractivity contribution < 1.29 is 19.1 Å². The van der Waals surface area contributed by atoms with Crippen LogP contribution in [0.2, 0.25) is 15.2 Å². The van der Waals surface area contributed by atoms with Gasteiger partial charge >= 0.3 is 0 Å². The van der Waals surface area contributed by atoms with Gasteiger partial charge in [-0.25, -0.2) is 4.98 Å². The van der Waals surface area contributed by atoms with Gasteiger partial charge in [-0.3, -0.25) is 18.8 Å². The van der Waals surface area contributed by atoms with Crippen molar-refractivity contribution >= 4 is 82.3 Å². The lowest BCUT2D eigenvalue weighted by Crippen LogP contribution is -2.37. The summed E-state index contributed by atoms with van der Waals surface area (Å²) < 4.78 is 7.71. The molecular formula is C29H27Cl4N5O4. The number of imidazole rings is 1. The fraction of sp³-hybridized carbons (Fsp3) is 0.172. The van der Waals surface area contributed by atoms with Crippen LogP contribution >= 0.6 is 47.2 Å². The maximum absolute atomic E-state index is 12.9. The minimum absolute atomic E-state index is 0. The van der Waals surface area contributed by atoms with E-state index in [1.165, 1.54) is 11.0 Å². The number of aromatic nitrogens is 2. The molecule has 9 nitrogen and oxygen atoms in total. The van der Waals surface area contributed by atoms with Gasteiger partial charge in [0.25, 0.3) is 5.91 Å². The van der Waals surface area contributed by atoms with E-state index in [-0.39, 0.29) is 36.5 Å². The summed E-state index contributed by atoms with van der Waals surface area (Å²) in [6.07, 6.45) is 4.67. The first-order valence-electron chi connectivity index (χ1n) is 12.4. The van der Waals surface area contributed by atoms with E-state index in [0.717, 1.165) is 5.56 Å². The molecule has 13 heteroatoms. The number of carbonyl (C=O) groups is 3. The average Bonchev–Trinajstić information content (AvgIpc) is 3.27. The second kappa shape index (κ2) is 14.4. The Hall–Kier alpha value is -3.76. The molecule has 0 saturated carbocycles. The van der Waals surface area contributed by atoms with Crippen molar-refractivity contribution in [3.05, 3.63) is 98.4 Å². The summed E-state index contributed by atoms with van der Waals surface area (Å²) in [5.41, 5.74) is 3.33. The lowest BCUT2D eigenvalue weighted by molar-refractivity contribution is -0.122. The molecular weight excluding hydrogens is 624 g/mol. The first-order chi connectivity index (χ1) is 19.6. The van der Waals surface area contributed by atoms with Crippen LogP contribution in [0, 0.1) is 6.92 Å². The average molecular weight is 651 g/mol. The van der Waals surface area contributed by atoms with Gasteiger partial charge in [-0.1, -0.05) is 46.9 Å². The van der Waals surface area contributed by atoms with Crippen molar-refractivity contribution in [2.75, 3.05) is 25.5 Å². The van der Waals surface area contributed by atoms with Crippen LogP contribution in [-0.4, -0.2) is 47.7 Å². The third-order valence-electron chi connectivity index (χ3n) is 6.23. The number of carbonyl (C=O) groups excluding carboxylic acids is 3. The van der Waals surface area contributed by atoms with Crippen molar-refractivity contribution in [3.63, 3.8) is 0 Å². The number of fused-ring (bicyclic) bond motifs is 1. The molecule has 2 aromatic heterocycles. The van der Waals surface area contributed by atoms with Crippen LogP contribution in [0.3, 0.4) is 0 Å². The largest absolute Gasteiger partial charge is 0.485 e. The summed E-state index contributed by atoms with van der Waals surface area (Å²) in [5, 5.41) is 6.20. The van der Waals surface area contributed by atoms with Crippen LogP contribution in [0.4, 0.5) is 5.69 Å². The third kappa shape index (κ3) is 7.35. The fourth-order valence-electron chi connectivity index (χ4n) is 3.90. The van der Waals surface area contributed by atoms with E-state index in [9.17, 15) is 14.4 Å². The number of amides is 3. The van der Waals surface area contributed by atoms with Gasteiger partial charge in [0.1, 0.15) is 11.8 Å². The molecule has 4 aromatic rings. The van der Waals surface area contributed by atoms with Crippen molar-refractivity contribution in [1.29, 1.82) is 0 Å². The van der Waals surface area contributed by atoms with E-state index in [4.69, 9.17) is 39.5 Å². The first kappa shape index (κ1) is 32.8. The molecule has 0 unspecified atom stereocenters. The summed E-state index contributed by atoms with van der Waals surface area (Å²) in [6, 6.07) is 13.5. The Labute approximate surface area is 263 Å². The standard InChI is InChI=1S/C29H26Cl3N5O4.ClH/c1-17-27(32)37-14-4-5-23(28(37)35-17)41-16-20-21(30)11-12-22(26(20)31)36(3)25(39)15-34-24(38)13-8-18-6-9-19(10-7-18)29(40)33-2;/h4-14H,15-16H2,1-3H3,(H,33,40)(H,34,38);1H. The number of hydrogen-bond acceptors (Lipinski definition) is 5. The molecule has 220 valence electrons. The number of aryl methyl sites for hydroxylation is 1. The van der Waals surface area contributed by atoms with Crippen LogP contribution < -0.4 is 20.3 Å². The Kier molecular flexibility index (Phi) is 11.2. The molecule has 0 atom stereocenters. The van der Waals surface area contributed by atoms with E-state index >= 15 is 0 Å². The zero-order valence-electron chi connectivity index (χ0n) is 22.8. The third-order valence-corrected chi connectivity index (χ3v) is 7.46. The fourth-order valence-corrected chi connectivity index (χ4v) is 4.69. The van der Waals surface area contributed by atoms with Crippen molar-refractivity contribution in [2.45, 2.75) is 13.5 Å². The number of ether oxygens (including phenoxy) is 1. The van der Waals surface area contributed by atoms with Gasteiger partial charge in [0.2, 0.25) is 11.8 Å². The van der Waals surface area contributed by atoms with Gasteiger partial charge in [0, 0.05) is 42.5 Å². The predicted octanol–water partition coefficient (Wildman–Crippen LogP) is 5.76. The Morgan fingerprint density at radius 3 is 2.48 bits per heavy atom. The van der Waals surface area contributed by atoms with Gasteiger partial charge in [-0.05, 0) is 55.0 Å². The smallest absolute Gasteiger partial charge is 0.251 e. The maximum Gasteiger partial charge on any atom is 0.251 e. The summed E-state index contributed by atoms with van der Waals surface area (Å²) in [4.78, 5) is 42.6. The number of anilines is 1. The zero-order chi connectivity index (χ0) is 29.7. The Bertz CT molecular complexity index is 1650. The predicted molar refractivity (Wildman–Crippen MR) is 168 cm³/mol. The van der Waals surface area contributed by atoms with E-state index in [2.05, 4.69) is 15.6 Å². The molecule has 0 fully saturated rings. The highest BCUT2D eigenvalue weighted by molar-refractivity contribution is 6.38. The lowest BCUT2D eigenvalue weighted by atomic mass is 10.1. The normalized spacial score (nSPS) is 10.8. The molecule has 0 spiro atoms. The second-order valence-corrected chi connectivity index (χ2v) is 10.0. The zero-order valence-corrected chi connectivity index (χ0v) is 25.9. The SMILES string of the molecule is CNC(=O)c1ccc(C=CC(=O)NCC(=O)N(C)c2ccc(Cl)c(COc3cccn4c(Cl)c(C)nc34)c2Cl)cc1.Cl. The second-order valence-electron chi connectivity index (χ2n) is 8.91. The molecule has 0 bridgehead atoms. The van der Waals surface area contributed by atoms with Crippen LogP contribution in [0.1, 0.15) is 27.2 Å². The minimum Gasteiger partial charge on any atom is -0.485 e. The summed E-state index contributed by atoms with van der Waals surface area (Å²) in [7, 11) is 3.10. The van der Waals surface area contributed by atoms with Crippen LogP contribution in [-0.2, 0) is 16.2 Å². The monoisotopic (exact) mass is 649 g/mol. The number of rotatable bonds is 9. The van der Waals surface area contributed by atoms with Gasteiger partial charge in [0.15, 0.2) is 11.4 Å². The van der Waals surface area contributed by atoms with Gasteiger partial charge in [-0.2, -0.15) is 0 Å². The number of pyridine rings is 1. The van der Waals surface area contributed by atoms with Gasteiger partial charge < -0.3 is 20.3 Å². The number of benzene rings is 2. The number of nitrogens with one attached hydrogen (secondary N) is 2. The molecule has 0 saturated heterocycles. The molecule has 0 radical (unpaired) electrons. The highest BCUT2D eigenvalue weighted by Gasteiger charge is 2.20. The molecule has 3 amide bonds. The topological polar surface area (TPSA) is 105 Å². The molecule has 2 aromatic carbocycles. The quantitative estimate of drug-likeness (QED) is 0.224. The molecule has 42 heavy (non-hydrogen) atoms. The van der Waals surface area contributed by atoms with Gasteiger partial charge in [0.05, 0.1) is 22.9 Å². The molecule has 4 rings (SSSR count). The lowest BCUT2D eigenvalue weighted by Gasteiger charge is -2.21. The Morgan fingerprint density at radius 2 is 1.79 bits per heavy atom. The van der Waals surface area contributed by atoms with E-state index in [0.29, 0.717) is 44.1 Å². The molecule has 0 aliphatic carbocycles. The van der Waals surface area contributed by atoms with Crippen molar-refractivity contribution in [1.82, 2.24) is 20.0 Å². The van der Waals surface area contributed by atoms with E-state index < -0.39 is 11.8 Å². The first-order valence-corrected chi connectivity index (χ1v) is 13.5. The maximum atomic E-state index is 12.9. The molecule has 0 aliphatic rings. The molecule has 2 heterocycles. The van der Waals surface area contributed by atoms with Crippen molar-refractivity contribution in [2.24, 2.45) is 0 Å². The van der Waals surface area contributed by atoms with E-state index in [1.807, 2.05) is 0 Å². The molecule has 2 N–H and O–H groups in total. The number of hydrogen-bond donors (Lipinski definition) is 2. The summed E-state index contributed by atoms with van der Waals surface area (Å²) in [6.45, 7) is 1.56. The van der Waals surface area contributed by atoms with Crippen LogP contribution in [0.25, 0.3) is 11.7 Å². The summed E-state index contributed by atoms with van der Waals surface area (Å²) in [5.74, 6) is -0.566. The number of likely N-dealkylation sites (N-methyl/N-ethyl adjacent to an activating group) is 1. The van der Waals surface area contributed by atoms with Crippen LogP contribution in [0.15, 0.2) is 60.8 Å². The number of nitrogens with zero attached hydrogens (tertiary/aromatic N) is 3. The van der Waals surface area contributed by atoms with Gasteiger partial charge in [-0.15, -0.1) is 12.4 Å². The highest BCUT2D eigenvalue weighted by atomic mass is 35.5. The Morgan fingerprint density at radius 1 is 1.07 bits per heavy atom. The highest BCUT2D eigenvalue weighted by Crippen LogP contribution is 2.35. The van der Waals surface area contributed by atoms with E-state index in [1.54, 1.807) is 86.2 Å². The molecule has 0 aliphatic heterocycles. The van der Waals surface area contributed by atoms with Crippen molar-refractivity contribution in [3.8, 4) is 5.75 Å².